The molecule has 0 aliphatic carbocycles. The summed E-state index contributed by atoms with van der Waals surface area (Å²) < 4.78 is 7.64. The van der Waals surface area contributed by atoms with Crippen LogP contribution in [0.4, 0.5) is 0 Å². The van der Waals surface area contributed by atoms with Crippen molar-refractivity contribution in [2.45, 2.75) is 26.4 Å². The van der Waals surface area contributed by atoms with E-state index < -0.39 is 0 Å². The first-order chi connectivity index (χ1) is 11.1. The summed E-state index contributed by atoms with van der Waals surface area (Å²) >= 11 is 5.96. The predicted octanol–water partition coefficient (Wildman–Crippen LogP) is 4.09. The number of halogens is 1. The van der Waals surface area contributed by atoms with Gasteiger partial charge < -0.3 is 13.9 Å². The minimum absolute atomic E-state index is 0.206. The topological polar surface area (TPSA) is 43.6 Å². The summed E-state index contributed by atoms with van der Waals surface area (Å²) in [7, 11) is 0. The number of Topliss-reactive ketones (excluding diaryl/α,β-unsaturated/α-hetero) is 1. The number of pyridine rings is 1. The van der Waals surface area contributed by atoms with Crippen molar-refractivity contribution in [3.05, 3.63) is 65.1 Å². The maximum absolute atomic E-state index is 11.0. The molecule has 1 aromatic carbocycles. The Morgan fingerprint density at radius 2 is 1.96 bits per heavy atom. The molecule has 0 fully saturated rings. The molecule has 5 heteroatoms. The van der Waals surface area contributed by atoms with Crippen LogP contribution in [0, 0.1) is 0 Å². The number of fused-ring (bicyclic) bond motifs is 1. The second kappa shape index (κ2) is 6.84. The van der Waals surface area contributed by atoms with Gasteiger partial charge in [0.15, 0.2) is 0 Å². The number of ketones is 1. The van der Waals surface area contributed by atoms with Crippen molar-refractivity contribution in [2.75, 3.05) is 0 Å². The Balaban J connectivity index is 1.61. The molecule has 4 nitrogen and oxygen atoms in total. The monoisotopic (exact) mass is 328 g/mol. The third-order valence-electron chi connectivity index (χ3n) is 3.54. The molecule has 3 aromatic rings. The molecule has 0 aliphatic heterocycles. The fourth-order valence-corrected chi connectivity index (χ4v) is 2.48. The maximum Gasteiger partial charge on any atom is 0.137 e. The SMILES string of the molecule is CC(=O)CCc1ccc(OCc2cn3cc(Cl)ccc3n2)cc1. The number of aryl methyl sites for hydroxylation is 1. The third kappa shape index (κ3) is 4.11. The van der Waals surface area contributed by atoms with Gasteiger partial charge in [-0.3, -0.25) is 0 Å². The molecule has 3 rings (SSSR count). The number of benzene rings is 1. The van der Waals surface area contributed by atoms with E-state index in [-0.39, 0.29) is 5.78 Å². The van der Waals surface area contributed by atoms with Gasteiger partial charge in [0, 0.05) is 18.8 Å². The lowest BCUT2D eigenvalue weighted by Gasteiger charge is -2.05. The quantitative estimate of drug-likeness (QED) is 0.684. The van der Waals surface area contributed by atoms with Crippen molar-refractivity contribution in [3.8, 4) is 5.75 Å². The van der Waals surface area contributed by atoms with E-state index in [0.29, 0.717) is 18.1 Å². The average Bonchev–Trinajstić information content (AvgIpc) is 2.94. The zero-order chi connectivity index (χ0) is 16.2. The largest absolute Gasteiger partial charge is 0.487 e. The fraction of sp³-hybridized carbons (Fsp3) is 0.222. The normalized spacial score (nSPS) is 10.9. The molecule has 0 saturated carbocycles. The van der Waals surface area contributed by atoms with E-state index in [9.17, 15) is 4.79 Å². The summed E-state index contributed by atoms with van der Waals surface area (Å²) in [5.74, 6) is 0.990. The summed E-state index contributed by atoms with van der Waals surface area (Å²) in [4.78, 5) is 15.5. The first-order valence-corrected chi connectivity index (χ1v) is 7.82. The molecular weight excluding hydrogens is 312 g/mol. The molecule has 0 unspecified atom stereocenters. The van der Waals surface area contributed by atoms with Gasteiger partial charge in [0.25, 0.3) is 0 Å². The number of carbonyl (C=O) groups excluding carboxylic acids is 1. The molecular formula is C18H17ClN2O2. The van der Waals surface area contributed by atoms with Crippen LogP contribution in [0.3, 0.4) is 0 Å². The second-order valence-electron chi connectivity index (χ2n) is 5.48. The summed E-state index contributed by atoms with van der Waals surface area (Å²) in [5, 5.41) is 0.670. The summed E-state index contributed by atoms with van der Waals surface area (Å²) in [6.45, 7) is 2.01. The van der Waals surface area contributed by atoms with Crippen LogP contribution in [0.2, 0.25) is 5.02 Å². The zero-order valence-corrected chi connectivity index (χ0v) is 13.6. The highest BCUT2D eigenvalue weighted by Crippen LogP contribution is 2.16. The molecule has 0 radical (unpaired) electrons. The van der Waals surface area contributed by atoms with Crippen molar-refractivity contribution < 1.29 is 9.53 Å². The van der Waals surface area contributed by atoms with Crippen LogP contribution in [-0.4, -0.2) is 15.2 Å². The van der Waals surface area contributed by atoms with Gasteiger partial charge in [-0.05, 0) is 43.2 Å². The molecule has 0 amide bonds. The van der Waals surface area contributed by atoms with Gasteiger partial charge in [0.05, 0.1) is 10.7 Å². The molecule has 0 N–H and O–H groups in total. The number of carbonyl (C=O) groups is 1. The summed E-state index contributed by atoms with van der Waals surface area (Å²) in [6, 6.07) is 11.5. The van der Waals surface area contributed by atoms with Crippen molar-refractivity contribution in [3.63, 3.8) is 0 Å². The van der Waals surface area contributed by atoms with Gasteiger partial charge in [0.2, 0.25) is 0 Å². The third-order valence-corrected chi connectivity index (χ3v) is 3.76. The zero-order valence-electron chi connectivity index (χ0n) is 12.8. The summed E-state index contributed by atoms with van der Waals surface area (Å²) in [6.07, 6.45) is 5.06. The van der Waals surface area contributed by atoms with Crippen molar-refractivity contribution >= 4 is 23.0 Å². The molecule has 0 saturated heterocycles. The van der Waals surface area contributed by atoms with E-state index in [0.717, 1.165) is 29.1 Å². The van der Waals surface area contributed by atoms with Crippen LogP contribution < -0.4 is 4.74 Å². The number of imidazole rings is 1. The van der Waals surface area contributed by atoms with Gasteiger partial charge in [-0.25, -0.2) is 4.98 Å². The predicted molar refractivity (Wildman–Crippen MR) is 90.0 cm³/mol. The van der Waals surface area contributed by atoms with Crippen LogP contribution >= 0.6 is 11.6 Å². The van der Waals surface area contributed by atoms with E-state index in [2.05, 4.69) is 4.98 Å². The number of aromatic nitrogens is 2. The Morgan fingerprint density at radius 3 is 2.70 bits per heavy atom. The number of rotatable bonds is 6. The van der Waals surface area contributed by atoms with E-state index in [4.69, 9.17) is 16.3 Å². The molecule has 0 aliphatic rings. The molecule has 118 valence electrons. The van der Waals surface area contributed by atoms with Gasteiger partial charge in [0.1, 0.15) is 23.8 Å². The number of hydrogen-bond donors (Lipinski definition) is 0. The summed E-state index contributed by atoms with van der Waals surface area (Å²) in [5.41, 5.74) is 2.82. The Hall–Kier alpha value is -2.33. The highest BCUT2D eigenvalue weighted by Gasteiger charge is 2.04. The Kier molecular flexibility index (Phi) is 4.63. The molecule has 0 spiro atoms. The highest BCUT2D eigenvalue weighted by atomic mass is 35.5. The van der Waals surface area contributed by atoms with Gasteiger partial charge >= 0.3 is 0 Å². The number of nitrogens with zero attached hydrogens (tertiary/aromatic N) is 2. The molecule has 0 atom stereocenters. The van der Waals surface area contributed by atoms with Gasteiger partial charge in [-0.2, -0.15) is 0 Å². The maximum atomic E-state index is 11.0. The smallest absolute Gasteiger partial charge is 0.137 e. The van der Waals surface area contributed by atoms with E-state index >= 15 is 0 Å². The van der Waals surface area contributed by atoms with Crippen LogP contribution in [0.5, 0.6) is 5.75 Å². The van der Waals surface area contributed by atoms with Crippen LogP contribution in [0.25, 0.3) is 5.65 Å². The van der Waals surface area contributed by atoms with Crippen molar-refractivity contribution in [1.29, 1.82) is 0 Å². The van der Waals surface area contributed by atoms with Crippen LogP contribution in [-0.2, 0) is 17.8 Å². The Morgan fingerprint density at radius 1 is 1.17 bits per heavy atom. The highest BCUT2D eigenvalue weighted by molar-refractivity contribution is 6.30. The molecule has 23 heavy (non-hydrogen) atoms. The minimum atomic E-state index is 0.206. The Labute approximate surface area is 139 Å². The number of ether oxygens (including phenoxy) is 1. The van der Waals surface area contributed by atoms with E-state index in [1.165, 1.54) is 0 Å². The lowest BCUT2D eigenvalue weighted by Crippen LogP contribution is -1.97. The van der Waals surface area contributed by atoms with E-state index in [1.807, 2.05) is 53.2 Å². The Bertz CT molecular complexity index is 825. The molecule has 2 heterocycles. The minimum Gasteiger partial charge on any atom is -0.487 e. The lowest BCUT2D eigenvalue weighted by atomic mass is 10.1. The average molecular weight is 329 g/mol. The number of hydrogen-bond acceptors (Lipinski definition) is 3. The lowest BCUT2D eigenvalue weighted by molar-refractivity contribution is -0.116. The second-order valence-corrected chi connectivity index (χ2v) is 5.92. The first-order valence-electron chi connectivity index (χ1n) is 7.44. The fourth-order valence-electron chi connectivity index (χ4n) is 2.32. The first kappa shape index (κ1) is 15.6. The van der Waals surface area contributed by atoms with Crippen LogP contribution in [0.1, 0.15) is 24.6 Å². The standard InChI is InChI=1S/C18H17ClN2O2/c1-13(22)2-3-14-4-7-17(8-5-14)23-12-16-11-21-10-15(19)6-9-18(21)20-16/h4-11H,2-3,12H2,1H3. The van der Waals surface area contributed by atoms with Crippen LogP contribution in [0.15, 0.2) is 48.8 Å². The van der Waals surface area contributed by atoms with Crippen molar-refractivity contribution in [2.24, 2.45) is 0 Å². The molecule has 0 bridgehead atoms. The van der Waals surface area contributed by atoms with E-state index in [1.54, 1.807) is 6.92 Å². The van der Waals surface area contributed by atoms with Crippen molar-refractivity contribution in [1.82, 2.24) is 9.38 Å². The molecule has 2 aromatic heterocycles. The van der Waals surface area contributed by atoms with Gasteiger partial charge in [-0.1, -0.05) is 23.7 Å². The van der Waals surface area contributed by atoms with Gasteiger partial charge in [-0.15, -0.1) is 0 Å².